The molecule has 2 N–H and O–H groups in total. The van der Waals surface area contributed by atoms with Crippen LogP contribution in [0.15, 0.2) is 4.99 Å². The molecule has 2 fully saturated rings. The molecule has 0 aromatic carbocycles. The van der Waals surface area contributed by atoms with Crippen LogP contribution in [0, 0.1) is 11.3 Å². The van der Waals surface area contributed by atoms with E-state index in [0.717, 1.165) is 25.6 Å². The van der Waals surface area contributed by atoms with E-state index in [9.17, 15) is 5.11 Å². The molecule has 1 aliphatic heterocycles. The molecule has 0 amide bonds. The van der Waals surface area contributed by atoms with E-state index in [-0.39, 0.29) is 0 Å². The van der Waals surface area contributed by atoms with Crippen molar-refractivity contribution in [3.63, 3.8) is 0 Å². The number of likely N-dealkylation sites (tertiary alicyclic amines) is 1. The van der Waals surface area contributed by atoms with Gasteiger partial charge in [0.15, 0.2) is 5.96 Å². The first kappa shape index (κ1) is 17.5. The second-order valence-corrected chi connectivity index (χ2v) is 7.30. The average molecular weight is 311 g/mol. The third-order valence-corrected chi connectivity index (χ3v) is 4.70. The van der Waals surface area contributed by atoms with Gasteiger partial charge in [0, 0.05) is 26.2 Å². The summed E-state index contributed by atoms with van der Waals surface area (Å²) in [7, 11) is 0. The van der Waals surface area contributed by atoms with Crippen molar-refractivity contribution in [3.05, 3.63) is 0 Å². The van der Waals surface area contributed by atoms with E-state index < -0.39 is 6.10 Å². The molecule has 1 atom stereocenters. The van der Waals surface area contributed by atoms with Crippen LogP contribution in [-0.4, -0.2) is 61.5 Å². The number of guanidine groups is 1. The molecule has 1 saturated carbocycles. The van der Waals surface area contributed by atoms with Crippen LogP contribution in [0.1, 0.15) is 46.5 Å². The molecule has 0 radical (unpaired) electrons. The molecule has 1 unspecified atom stereocenters. The highest BCUT2D eigenvalue weighted by atomic mass is 16.5. The number of nitrogens with one attached hydrogen (secondary N) is 1. The van der Waals surface area contributed by atoms with Gasteiger partial charge in [-0.3, -0.25) is 4.99 Å². The Bertz CT molecular complexity index is 367. The number of nitrogens with zero attached hydrogens (tertiary/aromatic N) is 2. The van der Waals surface area contributed by atoms with Crippen LogP contribution in [0.4, 0.5) is 0 Å². The van der Waals surface area contributed by atoms with E-state index in [1.807, 2.05) is 0 Å². The largest absolute Gasteiger partial charge is 0.389 e. The number of hydrogen-bond acceptors (Lipinski definition) is 3. The monoisotopic (exact) mass is 311 g/mol. The van der Waals surface area contributed by atoms with Crippen LogP contribution in [-0.2, 0) is 4.74 Å². The fraction of sp³-hybridized carbons (Fsp3) is 0.941. The van der Waals surface area contributed by atoms with Gasteiger partial charge in [-0.25, -0.2) is 0 Å². The van der Waals surface area contributed by atoms with Crippen molar-refractivity contribution >= 4 is 5.96 Å². The lowest BCUT2D eigenvalue weighted by atomic mass is 9.68. The van der Waals surface area contributed by atoms with Crippen molar-refractivity contribution in [3.8, 4) is 0 Å². The van der Waals surface area contributed by atoms with Gasteiger partial charge in [-0.15, -0.1) is 0 Å². The molecule has 1 spiro atoms. The minimum Gasteiger partial charge on any atom is -0.389 e. The molecule has 0 bridgehead atoms. The van der Waals surface area contributed by atoms with Gasteiger partial charge in [0.2, 0.25) is 0 Å². The van der Waals surface area contributed by atoms with Gasteiger partial charge in [-0.1, -0.05) is 20.3 Å². The van der Waals surface area contributed by atoms with Crippen molar-refractivity contribution in [2.45, 2.75) is 52.6 Å². The molecule has 2 aliphatic rings. The van der Waals surface area contributed by atoms with Crippen molar-refractivity contribution in [2.75, 3.05) is 39.4 Å². The summed E-state index contributed by atoms with van der Waals surface area (Å²) in [6.07, 6.45) is 4.89. The predicted octanol–water partition coefficient (Wildman–Crippen LogP) is 1.86. The highest BCUT2D eigenvalue weighted by molar-refractivity contribution is 5.80. The van der Waals surface area contributed by atoms with Crippen LogP contribution >= 0.6 is 0 Å². The van der Waals surface area contributed by atoms with Crippen molar-refractivity contribution in [1.29, 1.82) is 0 Å². The first-order valence-corrected chi connectivity index (χ1v) is 8.84. The van der Waals surface area contributed by atoms with Gasteiger partial charge in [0.25, 0.3) is 0 Å². The third kappa shape index (κ3) is 4.85. The van der Waals surface area contributed by atoms with Crippen LogP contribution in [0.5, 0.6) is 0 Å². The molecule has 2 rings (SSSR count). The maximum absolute atomic E-state index is 10.0. The van der Waals surface area contributed by atoms with E-state index in [0.29, 0.717) is 31.1 Å². The zero-order valence-corrected chi connectivity index (χ0v) is 14.5. The summed E-state index contributed by atoms with van der Waals surface area (Å²) in [5.74, 6) is 1.45. The summed E-state index contributed by atoms with van der Waals surface area (Å²) in [6, 6.07) is 0. The summed E-state index contributed by atoms with van der Waals surface area (Å²) in [5, 5.41) is 13.4. The molecular formula is C17H33N3O2. The lowest BCUT2D eigenvalue weighted by Gasteiger charge is -2.38. The molecule has 5 heteroatoms. The van der Waals surface area contributed by atoms with E-state index in [2.05, 4.69) is 36.0 Å². The number of ether oxygens (including phenoxy) is 1. The maximum Gasteiger partial charge on any atom is 0.194 e. The maximum atomic E-state index is 10.0. The summed E-state index contributed by atoms with van der Waals surface area (Å²) in [6.45, 7) is 10.8. The van der Waals surface area contributed by atoms with Crippen molar-refractivity contribution < 1.29 is 9.84 Å². The normalized spacial score (nSPS) is 22.2. The van der Waals surface area contributed by atoms with Crippen LogP contribution in [0.3, 0.4) is 0 Å². The minimum atomic E-state index is -0.521. The lowest BCUT2D eigenvalue weighted by molar-refractivity contribution is 0.0300. The van der Waals surface area contributed by atoms with Crippen LogP contribution in [0.25, 0.3) is 0 Å². The Kier molecular flexibility index (Phi) is 6.50. The summed E-state index contributed by atoms with van der Waals surface area (Å²) >= 11 is 0. The van der Waals surface area contributed by atoms with Gasteiger partial charge in [0.05, 0.1) is 19.3 Å². The Balaban J connectivity index is 1.79. The fourth-order valence-electron chi connectivity index (χ4n) is 3.31. The SMILES string of the molecule is CCNC(=NCC(O)COCC(C)C)N1CCC2(CCC2)C1. The smallest absolute Gasteiger partial charge is 0.194 e. The first-order valence-electron chi connectivity index (χ1n) is 8.84. The van der Waals surface area contributed by atoms with E-state index in [4.69, 9.17) is 4.74 Å². The highest BCUT2D eigenvalue weighted by Gasteiger charge is 2.43. The number of aliphatic hydroxyl groups excluding tert-OH is 1. The standard InChI is InChI=1S/C17H33N3O2/c1-4-18-16(19-10-15(21)12-22-11-14(2)3)20-9-8-17(13-20)6-5-7-17/h14-15,21H,4-13H2,1-3H3,(H,18,19). The van der Waals surface area contributed by atoms with E-state index in [1.165, 1.54) is 25.7 Å². The predicted molar refractivity (Wildman–Crippen MR) is 90.1 cm³/mol. The first-order chi connectivity index (χ1) is 10.5. The Morgan fingerprint density at radius 3 is 2.64 bits per heavy atom. The highest BCUT2D eigenvalue weighted by Crippen LogP contribution is 2.47. The third-order valence-electron chi connectivity index (χ3n) is 4.70. The molecule has 5 nitrogen and oxygen atoms in total. The molecular weight excluding hydrogens is 278 g/mol. The second kappa shape index (κ2) is 8.16. The zero-order valence-electron chi connectivity index (χ0n) is 14.5. The number of aliphatic imine (C=N–C) groups is 1. The molecule has 128 valence electrons. The number of hydrogen-bond donors (Lipinski definition) is 2. The van der Waals surface area contributed by atoms with Gasteiger partial charge in [-0.05, 0) is 37.5 Å². The molecule has 1 aliphatic carbocycles. The zero-order chi connectivity index (χ0) is 16.0. The Morgan fingerprint density at radius 1 is 1.32 bits per heavy atom. The van der Waals surface area contributed by atoms with Gasteiger partial charge in [-0.2, -0.15) is 0 Å². The molecule has 22 heavy (non-hydrogen) atoms. The molecule has 0 aromatic heterocycles. The summed E-state index contributed by atoms with van der Waals surface area (Å²) in [5.41, 5.74) is 0.565. The summed E-state index contributed by atoms with van der Waals surface area (Å²) in [4.78, 5) is 6.98. The Morgan fingerprint density at radius 2 is 2.09 bits per heavy atom. The van der Waals surface area contributed by atoms with Gasteiger partial charge in [0.1, 0.15) is 0 Å². The van der Waals surface area contributed by atoms with Crippen molar-refractivity contribution in [2.24, 2.45) is 16.3 Å². The van der Waals surface area contributed by atoms with E-state index >= 15 is 0 Å². The number of rotatable bonds is 7. The average Bonchev–Trinajstić information content (AvgIpc) is 2.88. The summed E-state index contributed by atoms with van der Waals surface area (Å²) < 4.78 is 5.48. The Hall–Kier alpha value is -0.810. The Labute approximate surface area is 135 Å². The van der Waals surface area contributed by atoms with Crippen LogP contribution < -0.4 is 5.32 Å². The van der Waals surface area contributed by atoms with Gasteiger partial charge >= 0.3 is 0 Å². The number of aliphatic hydroxyl groups is 1. The quantitative estimate of drug-likeness (QED) is 0.557. The fourth-order valence-corrected chi connectivity index (χ4v) is 3.31. The molecule has 0 aromatic rings. The van der Waals surface area contributed by atoms with Gasteiger partial charge < -0.3 is 20.1 Å². The lowest BCUT2D eigenvalue weighted by Crippen LogP contribution is -2.43. The van der Waals surface area contributed by atoms with Crippen LogP contribution in [0.2, 0.25) is 0 Å². The molecule has 1 heterocycles. The topological polar surface area (TPSA) is 57.1 Å². The van der Waals surface area contributed by atoms with E-state index in [1.54, 1.807) is 0 Å². The second-order valence-electron chi connectivity index (χ2n) is 7.30. The minimum absolute atomic E-state index is 0.366. The molecule has 1 saturated heterocycles. The van der Waals surface area contributed by atoms with Crippen molar-refractivity contribution in [1.82, 2.24) is 10.2 Å².